The van der Waals surface area contributed by atoms with Crippen molar-refractivity contribution in [1.29, 1.82) is 0 Å². The summed E-state index contributed by atoms with van der Waals surface area (Å²) in [7, 11) is -17.9. The zero-order chi connectivity index (χ0) is 53.1. The van der Waals surface area contributed by atoms with Crippen molar-refractivity contribution in [3.63, 3.8) is 0 Å². The normalized spacial score (nSPS) is 16.6. The second-order valence-electron chi connectivity index (χ2n) is 14.1. The molecule has 0 bridgehead atoms. The van der Waals surface area contributed by atoms with Crippen LogP contribution in [0, 0.1) is 0 Å². The van der Waals surface area contributed by atoms with Crippen LogP contribution in [-0.2, 0) is 95.5 Å². The van der Waals surface area contributed by atoms with Crippen LogP contribution in [-0.4, -0.2) is 205 Å². The molecule has 0 aliphatic carbocycles. The molecule has 0 aromatic carbocycles. The highest BCUT2D eigenvalue weighted by molar-refractivity contribution is 14.1. The number of phosphoric acid groups is 4. The summed E-state index contributed by atoms with van der Waals surface area (Å²) in [6.45, 7) is -1.06. The Morgan fingerprint density at radius 3 is 1.07 bits per heavy atom. The molecule has 0 heterocycles. The average molecular weight is 1230 g/mol. The van der Waals surface area contributed by atoms with Crippen molar-refractivity contribution in [2.75, 3.05) is 145 Å². The maximum Gasteiger partial charge on any atom is 0.481 e. The molecule has 0 saturated carbocycles. The van der Waals surface area contributed by atoms with Gasteiger partial charge in [-0.15, -0.1) is 0 Å². The van der Waals surface area contributed by atoms with Gasteiger partial charge in [-0.05, 0) is 38.5 Å². The molecule has 0 fully saturated rings. The lowest BCUT2D eigenvalue weighted by molar-refractivity contribution is -0.121. The van der Waals surface area contributed by atoms with E-state index in [1.54, 1.807) is 0 Å². The van der Waals surface area contributed by atoms with Crippen molar-refractivity contribution in [2.24, 2.45) is 11.5 Å². The Kier molecular flexibility index (Phi) is 44.6. The molecule has 0 aromatic rings. The third-order valence-corrected chi connectivity index (χ3v) is 13.8. The zero-order valence-electron chi connectivity index (χ0n) is 39.5. The maximum atomic E-state index is 12.8. The third-order valence-electron chi connectivity index (χ3n) is 8.36. The molecule has 71 heavy (non-hydrogen) atoms. The van der Waals surface area contributed by atoms with Crippen LogP contribution in [0.5, 0.6) is 0 Å². The Balaban J connectivity index is 4.76. The first-order valence-corrected chi connectivity index (χ1v) is 29.1. The molecule has 12 N–H and O–H groups in total. The number of carbonyl (C=O) groups excluding carboxylic acids is 2. The quantitative estimate of drug-likeness (QED) is 0.0169. The van der Waals surface area contributed by atoms with Crippen molar-refractivity contribution >= 4 is 66.1 Å². The SMILES string of the molecule is NCOCCC(CO)OP(=O)(O)OCCCCC(=O)NCC(CNC(=O)CCCCOP(=O)(O)OC(CO)CCOCN)OP(=O)(O)OCCOCCOCCOCCOCCOCCOP(=O)(O)OI. The van der Waals surface area contributed by atoms with Crippen LogP contribution in [0.2, 0.25) is 0 Å². The van der Waals surface area contributed by atoms with Crippen molar-refractivity contribution < 1.29 is 125 Å². The number of unbranched alkanes of at least 4 members (excludes halogenated alkanes) is 2. The Labute approximate surface area is 427 Å². The topological polar surface area (TPSA) is 438 Å². The Hall–Kier alpha value is -0.330. The lowest BCUT2D eigenvalue weighted by Crippen LogP contribution is -2.41. The first-order chi connectivity index (χ1) is 33.8. The average Bonchev–Trinajstić information content (AvgIpc) is 3.32. The van der Waals surface area contributed by atoms with Gasteiger partial charge in [0.15, 0.2) is 0 Å². The van der Waals surface area contributed by atoms with Crippen LogP contribution >= 0.6 is 54.3 Å². The molecule has 0 saturated heterocycles. The molecule has 0 aliphatic rings. The van der Waals surface area contributed by atoms with Gasteiger partial charge < -0.3 is 85.0 Å². The highest BCUT2D eigenvalue weighted by Gasteiger charge is 2.29. The molecule has 2 amide bonds. The minimum Gasteiger partial charge on any atom is -0.394 e. The number of phosphoric ester groups is 4. The Morgan fingerprint density at radius 1 is 0.437 bits per heavy atom. The van der Waals surface area contributed by atoms with Crippen LogP contribution < -0.4 is 22.1 Å². The number of nitrogens with two attached hydrogens (primary N) is 2. The summed E-state index contributed by atoms with van der Waals surface area (Å²) in [6.07, 6.45) is -2.76. The summed E-state index contributed by atoms with van der Waals surface area (Å²) >= 11 is 1.27. The maximum absolute atomic E-state index is 12.8. The molecular weight excluding hydrogens is 1160 g/mol. The number of halogens is 1. The first kappa shape index (κ1) is 70.7. The summed E-state index contributed by atoms with van der Waals surface area (Å²) in [5.74, 6) is -1.08. The molecule has 0 radical (unpaired) electrons. The van der Waals surface area contributed by atoms with Gasteiger partial charge in [0.1, 0.15) is 29.1 Å². The van der Waals surface area contributed by atoms with Gasteiger partial charge in [-0.1, -0.05) is 0 Å². The van der Waals surface area contributed by atoms with E-state index in [4.69, 9.17) is 76.7 Å². The van der Waals surface area contributed by atoms with E-state index in [-0.39, 0.29) is 170 Å². The number of aliphatic hydroxyl groups excluding tert-OH is 2. The van der Waals surface area contributed by atoms with Crippen LogP contribution in [0.4, 0.5) is 0 Å². The van der Waals surface area contributed by atoms with Gasteiger partial charge in [-0.3, -0.25) is 41.3 Å². The second-order valence-corrected chi connectivity index (χ2v) is 20.9. The highest BCUT2D eigenvalue weighted by atomic mass is 127. The fourth-order valence-corrected chi connectivity index (χ4v) is 8.46. The van der Waals surface area contributed by atoms with E-state index in [0.717, 1.165) is 0 Å². The fraction of sp³-hybridized carbons (Fsp3) is 0.943. The summed E-state index contributed by atoms with van der Waals surface area (Å²) < 4.78 is 124. The number of amides is 2. The second kappa shape index (κ2) is 44.8. The molecule has 6 atom stereocenters. The molecule has 424 valence electrons. The van der Waals surface area contributed by atoms with Gasteiger partial charge in [0.2, 0.25) is 11.8 Å². The molecule has 6 unspecified atom stereocenters. The van der Waals surface area contributed by atoms with Crippen LogP contribution in [0.1, 0.15) is 51.4 Å². The number of ether oxygens (including phenoxy) is 7. The van der Waals surface area contributed by atoms with E-state index in [1.165, 1.54) is 23.0 Å². The van der Waals surface area contributed by atoms with Gasteiger partial charge >= 0.3 is 31.3 Å². The summed E-state index contributed by atoms with van der Waals surface area (Å²) in [5, 5.41) is 23.8. The highest BCUT2D eigenvalue weighted by Crippen LogP contribution is 2.47. The van der Waals surface area contributed by atoms with Crippen molar-refractivity contribution in [2.45, 2.75) is 69.7 Å². The van der Waals surface area contributed by atoms with E-state index in [1.807, 2.05) is 0 Å². The predicted octanol–water partition coefficient (Wildman–Crippen LogP) is 0.263. The molecule has 0 rings (SSSR count). The monoisotopic (exact) mass is 1230 g/mol. The third kappa shape index (κ3) is 45.6. The van der Waals surface area contributed by atoms with Gasteiger partial charge in [0.05, 0.1) is 145 Å². The smallest absolute Gasteiger partial charge is 0.394 e. The summed E-state index contributed by atoms with van der Waals surface area (Å²) in [5.41, 5.74) is 10.4. The van der Waals surface area contributed by atoms with E-state index in [9.17, 15) is 52.7 Å². The molecule has 0 aromatic heterocycles. The first-order valence-electron chi connectivity index (χ1n) is 22.3. The zero-order valence-corrected chi connectivity index (χ0v) is 45.3. The minimum absolute atomic E-state index is 0.0756. The largest absolute Gasteiger partial charge is 0.481 e. The molecule has 0 aliphatic heterocycles. The van der Waals surface area contributed by atoms with Gasteiger partial charge in [-0.2, -0.15) is 0 Å². The van der Waals surface area contributed by atoms with Crippen LogP contribution in [0.3, 0.4) is 0 Å². The Morgan fingerprint density at radius 2 is 0.746 bits per heavy atom. The summed E-state index contributed by atoms with van der Waals surface area (Å²) in [4.78, 5) is 64.7. The van der Waals surface area contributed by atoms with E-state index in [2.05, 4.69) is 18.0 Å². The van der Waals surface area contributed by atoms with E-state index in [0.29, 0.717) is 13.2 Å². The Bertz CT molecular complexity index is 1470. The van der Waals surface area contributed by atoms with Crippen molar-refractivity contribution in [3.8, 4) is 0 Å². The number of aliphatic hydroxyl groups is 2. The number of nitrogens with one attached hydrogen (secondary N) is 2. The number of carbonyl (C=O) groups is 2. The molecule has 36 heteroatoms. The summed E-state index contributed by atoms with van der Waals surface area (Å²) in [6, 6.07) is 0. The van der Waals surface area contributed by atoms with Gasteiger partial charge in [0, 0.05) is 25.9 Å². The van der Waals surface area contributed by atoms with Crippen LogP contribution in [0.25, 0.3) is 0 Å². The van der Waals surface area contributed by atoms with Gasteiger partial charge in [0.25, 0.3) is 0 Å². The number of hydrogen-bond acceptors (Lipinski definition) is 25. The van der Waals surface area contributed by atoms with E-state index >= 15 is 0 Å². The van der Waals surface area contributed by atoms with E-state index < -0.39 is 74.6 Å². The molecule has 0 spiro atoms. The lowest BCUT2D eigenvalue weighted by atomic mass is 10.2. The molecular formula is C35H75IN4O27P4. The molecule has 31 nitrogen and oxygen atoms in total. The minimum atomic E-state index is -4.79. The lowest BCUT2D eigenvalue weighted by Gasteiger charge is -2.22. The number of rotatable bonds is 53. The number of hydrogen-bond donors (Lipinski definition) is 10. The van der Waals surface area contributed by atoms with Gasteiger partial charge in [-0.25, -0.2) is 21.1 Å². The van der Waals surface area contributed by atoms with Crippen molar-refractivity contribution in [3.05, 3.63) is 0 Å². The predicted molar refractivity (Wildman–Crippen MR) is 254 cm³/mol. The van der Waals surface area contributed by atoms with Crippen LogP contribution in [0.15, 0.2) is 0 Å². The fourth-order valence-electron chi connectivity index (χ4n) is 4.95. The van der Waals surface area contributed by atoms with Crippen molar-refractivity contribution in [1.82, 2.24) is 10.6 Å². The standard InChI is InChI=1S/C35H75IN4O27P4/c36-67-71(51,52)63-24-22-57-20-18-55-16-14-53-13-15-54-17-19-56-21-23-62-70(49,50)66-33(25-39-34(43)5-1-3-9-60-68(45,46)64-31(27-41)7-11-58-29-37)26-40-35(44)6-2-4-10-61-69(47,48)65-32(28-42)8-12-59-30-38/h31-33,41-42H,1-30,37-38H2,(H,39,43)(H,40,44)(H,45,46)(H,47,48)(H,49,50)(H,51,52).